The lowest BCUT2D eigenvalue weighted by Gasteiger charge is -2.23. The molecule has 4 heteroatoms. The minimum Gasteiger partial charge on any atom is -0.357 e. The van der Waals surface area contributed by atoms with Gasteiger partial charge in [0.15, 0.2) is 0 Å². The fraction of sp³-hybridized carbons (Fsp3) is 0.625. The normalized spacial score (nSPS) is 23.7. The molecular formula is C16H23N3O. The Morgan fingerprint density at radius 2 is 1.85 bits per heavy atom. The van der Waals surface area contributed by atoms with E-state index in [0.29, 0.717) is 0 Å². The molecule has 1 amide bonds. The highest BCUT2D eigenvalue weighted by molar-refractivity contribution is 5.50. The van der Waals surface area contributed by atoms with E-state index in [4.69, 9.17) is 0 Å². The molecule has 0 N–H and O–H groups in total. The number of anilines is 1. The first kappa shape index (κ1) is 13.4. The minimum absolute atomic E-state index is 0.234. The van der Waals surface area contributed by atoms with Gasteiger partial charge in [0.25, 0.3) is 0 Å². The van der Waals surface area contributed by atoms with Gasteiger partial charge in [-0.1, -0.05) is 18.9 Å². The van der Waals surface area contributed by atoms with Crippen molar-refractivity contribution in [2.45, 2.75) is 44.6 Å². The minimum atomic E-state index is 0.234. The van der Waals surface area contributed by atoms with Crippen LogP contribution in [0.15, 0.2) is 18.3 Å². The van der Waals surface area contributed by atoms with Crippen LogP contribution in [0, 0.1) is 0 Å². The summed E-state index contributed by atoms with van der Waals surface area (Å²) in [5.41, 5.74) is 1.17. The van der Waals surface area contributed by atoms with Crippen molar-refractivity contribution in [1.82, 2.24) is 9.88 Å². The Hall–Kier alpha value is -1.58. The largest absolute Gasteiger partial charge is 0.357 e. The van der Waals surface area contributed by atoms with Gasteiger partial charge in [-0.15, -0.1) is 0 Å². The molecule has 0 saturated carbocycles. The van der Waals surface area contributed by atoms with Gasteiger partial charge < -0.3 is 9.80 Å². The average Bonchev–Trinajstić information content (AvgIpc) is 2.81. The van der Waals surface area contributed by atoms with Crippen molar-refractivity contribution >= 4 is 12.2 Å². The number of aromatic nitrogens is 1. The lowest BCUT2D eigenvalue weighted by Crippen LogP contribution is -2.25. The lowest BCUT2D eigenvalue weighted by atomic mass is 10.1. The van der Waals surface area contributed by atoms with Gasteiger partial charge in [0.2, 0.25) is 6.41 Å². The van der Waals surface area contributed by atoms with Crippen LogP contribution in [0.4, 0.5) is 5.82 Å². The summed E-state index contributed by atoms with van der Waals surface area (Å²) in [6.45, 7) is 3.12. The van der Waals surface area contributed by atoms with Crippen molar-refractivity contribution in [1.29, 1.82) is 0 Å². The van der Waals surface area contributed by atoms with Gasteiger partial charge in [0, 0.05) is 25.8 Å². The third kappa shape index (κ3) is 2.79. The van der Waals surface area contributed by atoms with Crippen molar-refractivity contribution in [2.75, 3.05) is 24.5 Å². The van der Waals surface area contributed by atoms with Crippen molar-refractivity contribution in [3.63, 3.8) is 0 Å². The number of nitrogens with zero attached hydrogens (tertiary/aromatic N) is 3. The lowest BCUT2D eigenvalue weighted by molar-refractivity contribution is -0.118. The van der Waals surface area contributed by atoms with Crippen LogP contribution in [0.25, 0.3) is 0 Å². The van der Waals surface area contributed by atoms with E-state index in [9.17, 15) is 4.79 Å². The van der Waals surface area contributed by atoms with E-state index in [2.05, 4.69) is 22.0 Å². The number of carbonyl (C=O) groups is 1. The molecule has 1 aromatic rings. The number of hydrogen-bond acceptors (Lipinski definition) is 3. The first-order valence-electron chi connectivity index (χ1n) is 7.80. The maximum atomic E-state index is 11.0. The average molecular weight is 273 g/mol. The zero-order valence-electron chi connectivity index (χ0n) is 12.0. The molecule has 0 aromatic carbocycles. The van der Waals surface area contributed by atoms with Gasteiger partial charge in [0.1, 0.15) is 5.82 Å². The number of rotatable bonds is 3. The van der Waals surface area contributed by atoms with Crippen LogP contribution in [0.3, 0.4) is 0 Å². The highest BCUT2D eigenvalue weighted by Crippen LogP contribution is 2.30. The van der Waals surface area contributed by atoms with Crippen LogP contribution in [0.2, 0.25) is 0 Å². The monoisotopic (exact) mass is 273 g/mol. The topological polar surface area (TPSA) is 36.4 Å². The van der Waals surface area contributed by atoms with E-state index in [-0.39, 0.29) is 6.04 Å². The zero-order chi connectivity index (χ0) is 13.8. The molecule has 2 aliphatic heterocycles. The van der Waals surface area contributed by atoms with Crippen LogP contribution >= 0.6 is 0 Å². The summed E-state index contributed by atoms with van der Waals surface area (Å²) in [4.78, 5) is 20.0. The molecule has 20 heavy (non-hydrogen) atoms. The molecule has 1 aromatic heterocycles. The Kier molecular flexibility index (Phi) is 4.19. The Labute approximate surface area is 120 Å². The quantitative estimate of drug-likeness (QED) is 0.795. The second kappa shape index (κ2) is 6.25. The second-order valence-electron chi connectivity index (χ2n) is 5.85. The molecule has 0 radical (unpaired) electrons. The van der Waals surface area contributed by atoms with E-state index < -0.39 is 0 Å². The van der Waals surface area contributed by atoms with E-state index in [0.717, 1.165) is 44.7 Å². The predicted molar refractivity (Wildman–Crippen MR) is 79.7 cm³/mol. The Morgan fingerprint density at radius 3 is 2.50 bits per heavy atom. The van der Waals surface area contributed by atoms with Gasteiger partial charge in [0.05, 0.1) is 6.04 Å². The number of pyridine rings is 1. The maximum Gasteiger partial charge on any atom is 0.210 e. The standard InChI is InChI=1S/C16H23N3O/c20-13-19-11-5-6-15(19)14-7-8-16(17-12-14)18-9-3-1-2-4-10-18/h7-8,12-13,15H,1-6,9-11H2. The van der Waals surface area contributed by atoms with E-state index in [1.165, 1.54) is 31.2 Å². The molecule has 2 saturated heterocycles. The number of hydrogen-bond donors (Lipinski definition) is 0. The number of carbonyl (C=O) groups excluding carboxylic acids is 1. The Bertz CT molecular complexity index is 438. The van der Waals surface area contributed by atoms with Gasteiger partial charge in [-0.3, -0.25) is 4.79 Å². The first-order chi connectivity index (χ1) is 9.88. The maximum absolute atomic E-state index is 11.0. The molecule has 4 nitrogen and oxygen atoms in total. The highest BCUT2D eigenvalue weighted by atomic mass is 16.1. The molecule has 0 aliphatic carbocycles. The highest BCUT2D eigenvalue weighted by Gasteiger charge is 2.24. The summed E-state index contributed by atoms with van der Waals surface area (Å²) in [7, 11) is 0. The molecule has 3 heterocycles. The van der Waals surface area contributed by atoms with Crippen LogP contribution in [-0.4, -0.2) is 35.9 Å². The third-order valence-electron chi connectivity index (χ3n) is 4.52. The number of likely N-dealkylation sites (tertiary alicyclic amines) is 1. The van der Waals surface area contributed by atoms with Crippen molar-refractivity contribution < 1.29 is 4.79 Å². The molecule has 2 fully saturated rings. The summed E-state index contributed by atoms with van der Waals surface area (Å²) >= 11 is 0. The SMILES string of the molecule is O=CN1CCCC1c1ccc(N2CCCCCC2)nc1. The van der Waals surface area contributed by atoms with E-state index in [1.54, 1.807) is 0 Å². The van der Waals surface area contributed by atoms with Crippen LogP contribution in [0.1, 0.15) is 50.1 Å². The smallest absolute Gasteiger partial charge is 0.210 e. The van der Waals surface area contributed by atoms with Crippen LogP contribution < -0.4 is 4.90 Å². The van der Waals surface area contributed by atoms with Gasteiger partial charge >= 0.3 is 0 Å². The zero-order valence-corrected chi connectivity index (χ0v) is 12.0. The van der Waals surface area contributed by atoms with Gasteiger partial charge in [-0.25, -0.2) is 4.98 Å². The molecular weight excluding hydrogens is 250 g/mol. The third-order valence-corrected chi connectivity index (χ3v) is 4.52. The van der Waals surface area contributed by atoms with Crippen molar-refractivity contribution in [3.8, 4) is 0 Å². The van der Waals surface area contributed by atoms with Crippen molar-refractivity contribution in [2.24, 2.45) is 0 Å². The summed E-state index contributed by atoms with van der Waals surface area (Å²) in [6.07, 6.45) is 10.3. The fourth-order valence-electron chi connectivity index (χ4n) is 3.35. The van der Waals surface area contributed by atoms with E-state index in [1.807, 2.05) is 11.1 Å². The van der Waals surface area contributed by atoms with Crippen LogP contribution in [0.5, 0.6) is 0 Å². The molecule has 2 aliphatic rings. The molecule has 3 rings (SSSR count). The fourth-order valence-corrected chi connectivity index (χ4v) is 3.35. The first-order valence-corrected chi connectivity index (χ1v) is 7.80. The molecule has 108 valence electrons. The molecule has 0 spiro atoms. The summed E-state index contributed by atoms with van der Waals surface area (Å²) in [5.74, 6) is 1.09. The number of amides is 1. The van der Waals surface area contributed by atoms with Crippen molar-refractivity contribution in [3.05, 3.63) is 23.9 Å². The summed E-state index contributed by atoms with van der Waals surface area (Å²) in [5, 5.41) is 0. The summed E-state index contributed by atoms with van der Waals surface area (Å²) < 4.78 is 0. The molecule has 0 bridgehead atoms. The molecule has 1 unspecified atom stereocenters. The summed E-state index contributed by atoms with van der Waals surface area (Å²) in [6, 6.07) is 4.51. The van der Waals surface area contributed by atoms with E-state index >= 15 is 0 Å². The Morgan fingerprint density at radius 1 is 1.05 bits per heavy atom. The van der Waals surface area contributed by atoms with Crippen LogP contribution in [-0.2, 0) is 4.79 Å². The van der Waals surface area contributed by atoms with Gasteiger partial charge in [-0.2, -0.15) is 0 Å². The Balaban J connectivity index is 1.72. The predicted octanol–water partition coefficient (Wildman–Crippen LogP) is 2.76. The molecule has 1 atom stereocenters. The second-order valence-corrected chi connectivity index (χ2v) is 5.85. The van der Waals surface area contributed by atoms with Gasteiger partial charge in [-0.05, 0) is 37.3 Å².